The second kappa shape index (κ2) is 15.0. The highest BCUT2D eigenvalue weighted by atomic mass is 19.1. The van der Waals surface area contributed by atoms with Crippen molar-refractivity contribution in [1.82, 2.24) is 0 Å². The summed E-state index contributed by atoms with van der Waals surface area (Å²) in [6, 6.07) is 47.9. The van der Waals surface area contributed by atoms with Crippen LogP contribution >= 0.6 is 0 Å². The van der Waals surface area contributed by atoms with E-state index in [4.69, 9.17) is 28.4 Å². The van der Waals surface area contributed by atoms with Crippen LogP contribution in [0, 0.1) is 11.6 Å². The molecule has 6 nitrogen and oxygen atoms in total. The van der Waals surface area contributed by atoms with Crippen molar-refractivity contribution < 1.29 is 37.2 Å². The fraction of sp³-hybridized carbons (Fsp3) is 0. The van der Waals surface area contributed by atoms with E-state index in [0.717, 1.165) is 0 Å². The smallest absolute Gasteiger partial charge is 0.170 e. The van der Waals surface area contributed by atoms with Gasteiger partial charge in [-0.25, -0.2) is 8.78 Å². The van der Waals surface area contributed by atoms with Crippen molar-refractivity contribution in [2.45, 2.75) is 0 Å². The monoisotopic (exact) mass is 666 g/mol. The van der Waals surface area contributed by atoms with E-state index >= 15 is 0 Å². The summed E-state index contributed by atoms with van der Waals surface area (Å²) in [6.07, 6.45) is 0. The van der Waals surface area contributed by atoms with Crippen LogP contribution in [-0.2, 0) is 0 Å². The van der Waals surface area contributed by atoms with Gasteiger partial charge in [0, 0.05) is 0 Å². The van der Waals surface area contributed by atoms with Crippen LogP contribution in [0.15, 0.2) is 170 Å². The number of benzene rings is 7. The summed E-state index contributed by atoms with van der Waals surface area (Å²) < 4.78 is 64.3. The number of para-hydroxylation sites is 8. The summed E-state index contributed by atoms with van der Waals surface area (Å²) in [5.41, 5.74) is 0. The van der Waals surface area contributed by atoms with E-state index < -0.39 is 11.6 Å². The third-order valence-corrected chi connectivity index (χ3v) is 7.22. The number of rotatable bonds is 12. The van der Waals surface area contributed by atoms with Gasteiger partial charge in [-0.3, -0.25) is 0 Å². The first-order valence-corrected chi connectivity index (χ1v) is 15.6. The molecule has 0 saturated heterocycles. The molecule has 50 heavy (non-hydrogen) atoms. The zero-order chi connectivity index (χ0) is 34.1. The number of hydrogen-bond donors (Lipinski definition) is 0. The molecule has 246 valence electrons. The molecule has 0 N–H and O–H groups in total. The molecule has 0 bridgehead atoms. The molecule has 0 aliphatic carbocycles. The summed E-state index contributed by atoms with van der Waals surface area (Å²) >= 11 is 0. The Morgan fingerprint density at radius 1 is 0.220 bits per heavy atom. The molecule has 7 rings (SSSR count). The van der Waals surface area contributed by atoms with Crippen LogP contribution in [0.2, 0.25) is 0 Å². The third kappa shape index (κ3) is 7.83. The lowest BCUT2D eigenvalue weighted by Gasteiger charge is -2.16. The van der Waals surface area contributed by atoms with Gasteiger partial charge in [-0.2, -0.15) is 0 Å². The van der Waals surface area contributed by atoms with Crippen LogP contribution in [-0.4, -0.2) is 0 Å². The first-order chi connectivity index (χ1) is 24.6. The molecule has 0 aromatic heterocycles. The summed E-state index contributed by atoms with van der Waals surface area (Å²) in [6.45, 7) is 0. The van der Waals surface area contributed by atoms with E-state index in [-0.39, 0.29) is 11.5 Å². The fourth-order valence-electron chi connectivity index (χ4n) is 4.81. The van der Waals surface area contributed by atoms with Crippen molar-refractivity contribution in [2.24, 2.45) is 0 Å². The van der Waals surface area contributed by atoms with Crippen molar-refractivity contribution in [2.75, 3.05) is 0 Å². The van der Waals surface area contributed by atoms with E-state index in [1.807, 2.05) is 36.4 Å². The van der Waals surface area contributed by atoms with Gasteiger partial charge in [-0.1, -0.05) is 60.7 Å². The Morgan fingerprint density at radius 2 is 0.420 bits per heavy atom. The Kier molecular flexibility index (Phi) is 9.51. The maximum Gasteiger partial charge on any atom is 0.170 e. The minimum Gasteiger partial charge on any atom is -0.454 e. The predicted octanol–water partition coefficient (Wildman–Crippen LogP) is 12.7. The van der Waals surface area contributed by atoms with E-state index in [1.165, 1.54) is 12.1 Å². The van der Waals surface area contributed by atoms with Crippen LogP contribution in [0.4, 0.5) is 8.78 Å². The molecular formula is C42H28F2O6. The van der Waals surface area contributed by atoms with Gasteiger partial charge in [0.15, 0.2) is 57.6 Å². The fourth-order valence-corrected chi connectivity index (χ4v) is 4.81. The molecule has 0 aliphatic heterocycles. The van der Waals surface area contributed by atoms with E-state index in [0.29, 0.717) is 57.5 Å². The Balaban J connectivity index is 1.04. The maximum atomic E-state index is 14.0. The largest absolute Gasteiger partial charge is 0.454 e. The Morgan fingerprint density at radius 3 is 0.680 bits per heavy atom. The highest BCUT2D eigenvalue weighted by molar-refractivity contribution is 5.52. The highest BCUT2D eigenvalue weighted by Gasteiger charge is 2.15. The molecule has 0 fully saturated rings. The second-order valence-corrected chi connectivity index (χ2v) is 10.8. The molecule has 0 radical (unpaired) electrons. The SMILES string of the molecule is Fc1ccccc1Oc1ccc(Oc2ccccc2Oc2ccccc2Oc2ccccc2Oc2ccc(Oc3ccccc3F)cc2)cc1. The second-order valence-electron chi connectivity index (χ2n) is 10.8. The number of halogens is 2. The Hall–Kier alpha value is -6.80. The quantitative estimate of drug-likeness (QED) is 0.129. The lowest BCUT2D eigenvalue weighted by Crippen LogP contribution is -1.94. The highest BCUT2D eigenvalue weighted by Crippen LogP contribution is 2.42. The van der Waals surface area contributed by atoms with Crippen molar-refractivity contribution in [3.63, 3.8) is 0 Å². The summed E-state index contributed by atoms with van der Waals surface area (Å²) in [4.78, 5) is 0. The van der Waals surface area contributed by atoms with Crippen molar-refractivity contribution in [3.05, 3.63) is 181 Å². The number of ether oxygens (including phenoxy) is 6. The molecule has 0 amide bonds. The van der Waals surface area contributed by atoms with Crippen molar-refractivity contribution in [1.29, 1.82) is 0 Å². The van der Waals surface area contributed by atoms with Gasteiger partial charge in [0.05, 0.1) is 0 Å². The minimum atomic E-state index is -0.446. The minimum absolute atomic E-state index is 0.136. The molecule has 0 heterocycles. The molecule has 0 aliphatic rings. The average molecular weight is 667 g/mol. The molecule has 8 heteroatoms. The normalized spacial score (nSPS) is 10.6. The summed E-state index contributed by atoms with van der Waals surface area (Å²) in [7, 11) is 0. The predicted molar refractivity (Wildman–Crippen MR) is 185 cm³/mol. The Labute approximate surface area is 287 Å². The maximum absolute atomic E-state index is 14.0. The summed E-state index contributed by atoms with van der Waals surface area (Å²) in [5.74, 6) is 4.12. The zero-order valence-corrected chi connectivity index (χ0v) is 26.4. The third-order valence-electron chi connectivity index (χ3n) is 7.22. The van der Waals surface area contributed by atoms with Crippen LogP contribution < -0.4 is 28.4 Å². The molecule has 7 aromatic carbocycles. The van der Waals surface area contributed by atoms with Gasteiger partial charge in [0.2, 0.25) is 0 Å². The first-order valence-electron chi connectivity index (χ1n) is 15.6. The zero-order valence-electron chi connectivity index (χ0n) is 26.4. The standard InChI is InChI=1S/C42H28F2O6/c43-33-11-1-3-13-35(33)45-29-21-25-31(26-22-29)47-37-15-5-7-17-39(37)49-41-19-9-10-20-42(41)50-40-18-8-6-16-38(40)48-32-27-23-30(24-28-32)46-36-14-4-2-12-34(36)44/h1-28H. The number of hydrogen-bond acceptors (Lipinski definition) is 6. The Bertz CT molecular complexity index is 2050. The first kappa shape index (κ1) is 31.8. The molecule has 7 aromatic rings. The molecular weight excluding hydrogens is 638 g/mol. The van der Waals surface area contributed by atoms with Crippen molar-refractivity contribution >= 4 is 0 Å². The molecule has 0 unspecified atom stereocenters. The van der Waals surface area contributed by atoms with Gasteiger partial charge in [-0.15, -0.1) is 0 Å². The van der Waals surface area contributed by atoms with Crippen molar-refractivity contribution in [3.8, 4) is 69.0 Å². The molecule has 0 spiro atoms. The van der Waals surface area contributed by atoms with E-state index in [9.17, 15) is 8.78 Å². The lowest BCUT2D eigenvalue weighted by atomic mass is 10.2. The van der Waals surface area contributed by atoms with E-state index in [1.54, 1.807) is 121 Å². The van der Waals surface area contributed by atoms with Crippen LogP contribution in [0.3, 0.4) is 0 Å². The van der Waals surface area contributed by atoms with Gasteiger partial charge in [-0.05, 0) is 109 Å². The van der Waals surface area contributed by atoms with Gasteiger partial charge in [0.1, 0.15) is 23.0 Å². The van der Waals surface area contributed by atoms with Gasteiger partial charge >= 0.3 is 0 Å². The van der Waals surface area contributed by atoms with Gasteiger partial charge < -0.3 is 28.4 Å². The topological polar surface area (TPSA) is 55.4 Å². The van der Waals surface area contributed by atoms with Gasteiger partial charge in [0.25, 0.3) is 0 Å². The lowest BCUT2D eigenvalue weighted by molar-refractivity contribution is 0.381. The molecule has 0 atom stereocenters. The average Bonchev–Trinajstić information content (AvgIpc) is 3.14. The summed E-state index contributed by atoms with van der Waals surface area (Å²) in [5, 5.41) is 0. The molecule has 0 saturated carbocycles. The van der Waals surface area contributed by atoms with Crippen LogP contribution in [0.1, 0.15) is 0 Å². The van der Waals surface area contributed by atoms with Crippen LogP contribution in [0.5, 0.6) is 69.0 Å². The van der Waals surface area contributed by atoms with E-state index in [2.05, 4.69) is 0 Å². The van der Waals surface area contributed by atoms with Crippen LogP contribution in [0.25, 0.3) is 0 Å².